The van der Waals surface area contributed by atoms with Crippen molar-refractivity contribution in [2.24, 2.45) is 17.8 Å². The lowest BCUT2D eigenvalue weighted by atomic mass is 9.72. The van der Waals surface area contributed by atoms with E-state index in [9.17, 15) is 24.3 Å². The van der Waals surface area contributed by atoms with Gasteiger partial charge in [-0.25, -0.2) is 4.98 Å². The first-order chi connectivity index (χ1) is 23.4. The number of rotatable bonds is 13. The molecule has 1 aliphatic carbocycles. The summed E-state index contributed by atoms with van der Waals surface area (Å²) in [6.07, 6.45) is 4.68. The van der Waals surface area contributed by atoms with Crippen LogP contribution in [0, 0.1) is 17.8 Å². The highest BCUT2D eigenvalue weighted by Crippen LogP contribution is 2.39. The second-order valence-corrected chi connectivity index (χ2v) is 15.3. The molecule has 2 aromatic carbocycles. The van der Waals surface area contributed by atoms with E-state index in [1.165, 1.54) is 19.8 Å². The van der Waals surface area contributed by atoms with Gasteiger partial charge in [-0.3, -0.25) is 24.1 Å². The Morgan fingerprint density at radius 1 is 0.918 bits per heavy atom. The molecule has 0 radical (unpaired) electrons. The molecule has 2 fully saturated rings. The van der Waals surface area contributed by atoms with Crippen molar-refractivity contribution in [2.75, 3.05) is 13.1 Å². The first-order valence-electron chi connectivity index (χ1n) is 17.8. The Hall–Kier alpha value is -3.95. The number of aromatic nitrogens is 1. The van der Waals surface area contributed by atoms with E-state index >= 15 is 0 Å². The van der Waals surface area contributed by atoms with Crippen LogP contribution in [0.2, 0.25) is 0 Å². The Bertz CT molecular complexity index is 1620. The number of β-amino-alcohol motifs (C(OH)–C–C–N with tert-alkyl or cyclic N) is 1. The van der Waals surface area contributed by atoms with Gasteiger partial charge in [-0.2, -0.15) is 0 Å². The summed E-state index contributed by atoms with van der Waals surface area (Å²) in [5, 5.41) is 18.8. The third kappa shape index (κ3) is 10.0. The molecule has 1 aliphatic heterocycles. The molecule has 3 N–H and O–H groups in total. The van der Waals surface area contributed by atoms with Crippen molar-refractivity contribution in [1.29, 1.82) is 0 Å². The topological polar surface area (TPSA) is 129 Å². The monoisotopic (exact) mass is 668 g/mol. The third-order valence-electron chi connectivity index (χ3n) is 10.1. The van der Waals surface area contributed by atoms with E-state index in [-0.39, 0.29) is 54.1 Å². The summed E-state index contributed by atoms with van der Waals surface area (Å²) in [5.41, 5.74) is 1.40. The van der Waals surface area contributed by atoms with Crippen LogP contribution < -0.4 is 10.6 Å². The number of aliphatic hydroxyl groups excluding tert-OH is 1. The van der Waals surface area contributed by atoms with E-state index in [4.69, 9.17) is 0 Å². The van der Waals surface area contributed by atoms with E-state index in [1.807, 2.05) is 75.4 Å². The molecule has 49 heavy (non-hydrogen) atoms. The Labute approximate surface area is 290 Å². The molecule has 0 spiro atoms. The zero-order valence-electron chi connectivity index (χ0n) is 29.4. The summed E-state index contributed by atoms with van der Waals surface area (Å²) in [6, 6.07) is 19.2. The molecule has 2 amide bonds. The van der Waals surface area contributed by atoms with Crippen LogP contribution in [-0.4, -0.2) is 75.2 Å². The van der Waals surface area contributed by atoms with Gasteiger partial charge >= 0.3 is 0 Å². The second kappa shape index (κ2) is 16.2. The number of para-hydroxylation sites is 1. The lowest BCUT2D eigenvalue weighted by molar-refractivity contribution is -0.133. The van der Waals surface area contributed by atoms with Gasteiger partial charge in [0.15, 0.2) is 5.78 Å². The number of aliphatic hydroxyl groups is 1. The van der Waals surface area contributed by atoms with Crippen LogP contribution in [0.15, 0.2) is 66.7 Å². The van der Waals surface area contributed by atoms with Crippen molar-refractivity contribution in [1.82, 2.24) is 20.5 Å². The maximum absolute atomic E-state index is 14.0. The van der Waals surface area contributed by atoms with Crippen molar-refractivity contribution in [3.05, 3.63) is 78.0 Å². The number of Topliss-reactive ketones (excluding diaryl/α,β-unsaturated/α-hetero) is 2. The number of nitrogens with zero attached hydrogens (tertiary/aromatic N) is 2. The molecule has 2 heterocycles. The van der Waals surface area contributed by atoms with E-state index in [0.717, 1.165) is 36.8 Å². The SMILES string of the molecule is CC(=O)C[C@H](NC(=O)c1ccc2ccccc2n1)C(=O)C[C@@H](Cc1ccccc1)[C@H](O)CN1C[C@H]2CCCC[C@H]2C[C@H]1C(=O)NC(C)(C)C. The molecule has 0 bridgehead atoms. The predicted octanol–water partition coefficient (Wildman–Crippen LogP) is 5.29. The molecule has 0 unspecified atom stereocenters. The number of benzene rings is 2. The summed E-state index contributed by atoms with van der Waals surface area (Å²) in [6.45, 7) is 8.31. The van der Waals surface area contributed by atoms with Crippen molar-refractivity contribution in [3.8, 4) is 0 Å². The van der Waals surface area contributed by atoms with Gasteiger partial charge in [-0.05, 0) is 82.4 Å². The van der Waals surface area contributed by atoms with Crippen LogP contribution in [0.5, 0.6) is 0 Å². The number of hydrogen-bond donors (Lipinski definition) is 3. The number of piperidine rings is 1. The number of carbonyl (C=O) groups is 4. The van der Waals surface area contributed by atoms with E-state index in [2.05, 4.69) is 20.5 Å². The van der Waals surface area contributed by atoms with Gasteiger partial charge in [-0.15, -0.1) is 0 Å². The van der Waals surface area contributed by atoms with E-state index in [0.29, 0.717) is 23.8 Å². The molecule has 3 aromatic rings. The van der Waals surface area contributed by atoms with Crippen LogP contribution in [0.4, 0.5) is 0 Å². The number of likely N-dealkylation sites (tertiary alicyclic amines) is 1. The lowest BCUT2D eigenvalue weighted by Gasteiger charge is -2.47. The minimum atomic E-state index is -1.06. The van der Waals surface area contributed by atoms with E-state index in [1.54, 1.807) is 12.1 Å². The fourth-order valence-electron chi connectivity index (χ4n) is 7.64. The maximum atomic E-state index is 14.0. The van der Waals surface area contributed by atoms with Crippen molar-refractivity contribution >= 4 is 34.3 Å². The average molecular weight is 669 g/mol. The number of fused-ring (bicyclic) bond motifs is 2. The summed E-state index contributed by atoms with van der Waals surface area (Å²) in [7, 11) is 0. The second-order valence-electron chi connectivity index (χ2n) is 15.3. The van der Waals surface area contributed by atoms with Crippen LogP contribution in [0.3, 0.4) is 0 Å². The maximum Gasteiger partial charge on any atom is 0.270 e. The number of carbonyl (C=O) groups excluding carboxylic acids is 4. The molecule has 6 atom stereocenters. The zero-order valence-corrected chi connectivity index (χ0v) is 29.4. The lowest BCUT2D eigenvalue weighted by Crippen LogP contribution is -2.59. The molecule has 1 aromatic heterocycles. The van der Waals surface area contributed by atoms with Crippen molar-refractivity contribution in [3.63, 3.8) is 0 Å². The van der Waals surface area contributed by atoms with Crippen molar-refractivity contribution in [2.45, 2.75) is 103 Å². The van der Waals surface area contributed by atoms with Gasteiger partial charge in [0.25, 0.3) is 5.91 Å². The number of pyridine rings is 1. The van der Waals surface area contributed by atoms with Gasteiger partial charge in [0.2, 0.25) is 5.91 Å². The average Bonchev–Trinajstić information content (AvgIpc) is 3.06. The Balaban J connectivity index is 1.35. The highest BCUT2D eigenvalue weighted by Gasteiger charge is 2.42. The minimum Gasteiger partial charge on any atom is -0.391 e. The van der Waals surface area contributed by atoms with Gasteiger partial charge < -0.3 is 15.7 Å². The Morgan fingerprint density at radius 2 is 1.61 bits per heavy atom. The molecule has 5 rings (SSSR count). The standard InChI is InChI=1S/C40H52N4O5/c1-26(45)20-34(42-38(48)33-19-18-28-14-10-11-17-32(28)41-33)36(46)23-31(21-27-12-6-5-7-13-27)37(47)25-44-24-30-16-9-8-15-29(30)22-35(44)39(49)43-40(2,3)4/h5-7,10-14,17-19,29-31,34-35,37,47H,8-9,15-16,20-25H2,1-4H3,(H,42,48)(H,43,49)/t29-,30+,31+,34-,35-,37+/m0/s1. The minimum absolute atomic E-state index is 0.0223. The molecule has 9 heteroatoms. The highest BCUT2D eigenvalue weighted by molar-refractivity contribution is 5.99. The largest absolute Gasteiger partial charge is 0.391 e. The summed E-state index contributed by atoms with van der Waals surface area (Å²) >= 11 is 0. The third-order valence-corrected chi connectivity index (χ3v) is 10.1. The molecule has 1 saturated heterocycles. The smallest absolute Gasteiger partial charge is 0.270 e. The van der Waals surface area contributed by atoms with E-state index < -0.39 is 24.0 Å². The highest BCUT2D eigenvalue weighted by atomic mass is 16.3. The number of ketones is 2. The van der Waals surface area contributed by atoms with Gasteiger partial charge in [0, 0.05) is 36.9 Å². The molecular formula is C40H52N4O5. The fraction of sp³-hybridized carbons (Fsp3) is 0.525. The molecular weight excluding hydrogens is 616 g/mol. The van der Waals surface area contributed by atoms with Crippen LogP contribution in [0.25, 0.3) is 10.9 Å². The first kappa shape index (κ1) is 36.3. The van der Waals surface area contributed by atoms with Crippen LogP contribution >= 0.6 is 0 Å². The number of amides is 2. The summed E-state index contributed by atoms with van der Waals surface area (Å²) in [4.78, 5) is 59.9. The molecule has 1 saturated carbocycles. The van der Waals surface area contributed by atoms with Crippen molar-refractivity contribution < 1.29 is 24.3 Å². The van der Waals surface area contributed by atoms with Crippen LogP contribution in [0.1, 0.15) is 88.7 Å². The number of nitrogens with one attached hydrogen (secondary N) is 2. The quantitative estimate of drug-likeness (QED) is 0.226. The number of hydrogen-bond acceptors (Lipinski definition) is 7. The molecule has 2 aliphatic rings. The molecule has 262 valence electrons. The van der Waals surface area contributed by atoms with Crippen LogP contribution in [-0.2, 0) is 20.8 Å². The van der Waals surface area contributed by atoms with Gasteiger partial charge in [0.05, 0.1) is 23.7 Å². The Morgan fingerprint density at radius 3 is 2.33 bits per heavy atom. The Kier molecular flexibility index (Phi) is 12.0. The van der Waals surface area contributed by atoms with Gasteiger partial charge in [0.1, 0.15) is 11.5 Å². The summed E-state index contributed by atoms with van der Waals surface area (Å²) in [5.74, 6) is -0.638. The zero-order chi connectivity index (χ0) is 35.1. The predicted molar refractivity (Wildman–Crippen MR) is 191 cm³/mol. The normalized spacial score (nSPS) is 21.6. The van der Waals surface area contributed by atoms with Gasteiger partial charge in [-0.1, -0.05) is 73.9 Å². The fourth-order valence-corrected chi connectivity index (χ4v) is 7.64. The summed E-state index contributed by atoms with van der Waals surface area (Å²) < 4.78 is 0. The molecule has 9 nitrogen and oxygen atoms in total. The first-order valence-corrected chi connectivity index (χ1v) is 17.8.